The molecule has 0 radical (unpaired) electrons. The summed E-state index contributed by atoms with van der Waals surface area (Å²) in [5, 5.41) is 9.84. The number of ketones is 1. The topological polar surface area (TPSA) is 40.5 Å². The second-order valence-corrected chi connectivity index (χ2v) is 6.00. The lowest BCUT2D eigenvalue weighted by Gasteiger charge is -2.30. The molecule has 0 heterocycles. The second kappa shape index (κ2) is 8.32. The summed E-state index contributed by atoms with van der Waals surface area (Å²) >= 11 is 5.92. The van der Waals surface area contributed by atoms with Crippen molar-refractivity contribution >= 4 is 17.4 Å². The van der Waals surface area contributed by atoms with Crippen molar-refractivity contribution in [2.75, 3.05) is 19.7 Å². The van der Waals surface area contributed by atoms with E-state index in [-0.39, 0.29) is 24.3 Å². The van der Waals surface area contributed by atoms with Crippen molar-refractivity contribution < 1.29 is 9.90 Å². The third-order valence-electron chi connectivity index (χ3n) is 3.54. The van der Waals surface area contributed by atoms with Crippen LogP contribution in [-0.2, 0) is 4.79 Å². The standard InChI is InChI=1S/C17H24ClNO2/c1-12(2)17(21)16(11-19(9-10-20)13(3)4)14-5-7-15(18)8-6-14/h5-8,13,16,20H,1,9-11H2,2-4H3/t16-/m1/s1. The summed E-state index contributed by atoms with van der Waals surface area (Å²) in [6.07, 6.45) is 0. The van der Waals surface area contributed by atoms with E-state index in [1.807, 2.05) is 12.1 Å². The highest BCUT2D eigenvalue weighted by atomic mass is 35.5. The first-order valence-corrected chi connectivity index (χ1v) is 7.54. The van der Waals surface area contributed by atoms with E-state index in [2.05, 4.69) is 25.3 Å². The maximum absolute atomic E-state index is 12.5. The molecule has 0 aliphatic rings. The molecule has 4 heteroatoms. The van der Waals surface area contributed by atoms with Crippen molar-refractivity contribution in [1.29, 1.82) is 0 Å². The molecular formula is C17H24ClNO2. The highest BCUT2D eigenvalue weighted by Crippen LogP contribution is 2.24. The van der Waals surface area contributed by atoms with Gasteiger partial charge < -0.3 is 5.11 Å². The lowest BCUT2D eigenvalue weighted by atomic mass is 9.90. The van der Waals surface area contributed by atoms with Crippen LogP contribution in [0.25, 0.3) is 0 Å². The first kappa shape index (κ1) is 17.9. The fourth-order valence-electron chi connectivity index (χ4n) is 2.26. The molecule has 116 valence electrons. The smallest absolute Gasteiger partial charge is 0.166 e. The quantitative estimate of drug-likeness (QED) is 0.749. The van der Waals surface area contributed by atoms with Crippen molar-refractivity contribution in [1.82, 2.24) is 4.90 Å². The summed E-state index contributed by atoms with van der Waals surface area (Å²) in [5.41, 5.74) is 1.47. The summed E-state index contributed by atoms with van der Waals surface area (Å²) in [6.45, 7) is 10.8. The monoisotopic (exact) mass is 309 g/mol. The van der Waals surface area contributed by atoms with E-state index in [1.165, 1.54) is 0 Å². The predicted molar refractivity (Wildman–Crippen MR) is 87.8 cm³/mol. The molecule has 1 atom stereocenters. The number of hydrogen-bond acceptors (Lipinski definition) is 3. The molecule has 21 heavy (non-hydrogen) atoms. The van der Waals surface area contributed by atoms with Gasteiger partial charge in [-0.05, 0) is 44.0 Å². The number of carbonyl (C=O) groups excluding carboxylic acids is 1. The Morgan fingerprint density at radius 2 is 1.90 bits per heavy atom. The van der Waals surface area contributed by atoms with E-state index in [4.69, 9.17) is 11.6 Å². The maximum atomic E-state index is 12.5. The molecule has 0 saturated carbocycles. The summed E-state index contributed by atoms with van der Waals surface area (Å²) in [4.78, 5) is 14.6. The van der Waals surface area contributed by atoms with Gasteiger partial charge in [0.2, 0.25) is 0 Å². The maximum Gasteiger partial charge on any atom is 0.166 e. The molecule has 0 aromatic heterocycles. The lowest BCUT2D eigenvalue weighted by molar-refractivity contribution is -0.117. The van der Waals surface area contributed by atoms with Crippen LogP contribution in [0.15, 0.2) is 36.4 Å². The minimum atomic E-state index is -0.284. The van der Waals surface area contributed by atoms with Gasteiger partial charge in [0, 0.05) is 24.2 Å². The van der Waals surface area contributed by atoms with Gasteiger partial charge in [0.15, 0.2) is 5.78 Å². The number of hydrogen-bond donors (Lipinski definition) is 1. The van der Waals surface area contributed by atoms with Gasteiger partial charge in [0.25, 0.3) is 0 Å². The third kappa shape index (κ3) is 5.27. The minimum Gasteiger partial charge on any atom is -0.395 e. The summed E-state index contributed by atoms with van der Waals surface area (Å²) in [7, 11) is 0. The van der Waals surface area contributed by atoms with Crippen LogP contribution in [0.3, 0.4) is 0 Å². The molecule has 0 spiro atoms. The van der Waals surface area contributed by atoms with E-state index in [0.29, 0.717) is 23.7 Å². The number of rotatable bonds is 8. The van der Waals surface area contributed by atoms with Crippen molar-refractivity contribution in [3.05, 3.63) is 47.0 Å². The highest BCUT2D eigenvalue weighted by molar-refractivity contribution is 6.30. The SMILES string of the molecule is C=C(C)C(=O)[C@H](CN(CCO)C(C)C)c1ccc(Cl)cc1. The number of Topliss-reactive ketones (excluding diaryl/α,β-unsaturated/α-hetero) is 1. The van der Waals surface area contributed by atoms with Gasteiger partial charge >= 0.3 is 0 Å². The summed E-state index contributed by atoms with van der Waals surface area (Å²) < 4.78 is 0. The Morgan fingerprint density at radius 3 is 2.33 bits per heavy atom. The minimum absolute atomic E-state index is 0.0286. The molecule has 0 unspecified atom stereocenters. The first-order valence-electron chi connectivity index (χ1n) is 7.17. The Bertz CT molecular complexity index is 482. The number of carbonyl (C=O) groups is 1. The molecule has 0 aliphatic carbocycles. The molecule has 0 amide bonds. The molecule has 0 aliphatic heterocycles. The van der Waals surface area contributed by atoms with Gasteiger partial charge in [0.05, 0.1) is 12.5 Å². The number of aliphatic hydroxyl groups is 1. The van der Waals surface area contributed by atoms with Gasteiger partial charge in [-0.2, -0.15) is 0 Å². The largest absolute Gasteiger partial charge is 0.395 e. The average molecular weight is 310 g/mol. The van der Waals surface area contributed by atoms with Crippen molar-refractivity contribution in [3.8, 4) is 0 Å². The number of allylic oxidation sites excluding steroid dienone is 1. The number of halogens is 1. The van der Waals surface area contributed by atoms with Gasteiger partial charge in [-0.25, -0.2) is 0 Å². The summed E-state index contributed by atoms with van der Waals surface area (Å²) in [6, 6.07) is 7.60. The molecule has 0 bridgehead atoms. The molecule has 1 aromatic carbocycles. The Kier molecular flexibility index (Phi) is 7.09. The van der Waals surface area contributed by atoms with Crippen molar-refractivity contribution in [2.45, 2.75) is 32.7 Å². The number of benzene rings is 1. The van der Waals surface area contributed by atoms with Crippen LogP contribution in [-0.4, -0.2) is 41.5 Å². The van der Waals surface area contributed by atoms with Crippen LogP contribution in [0.1, 0.15) is 32.3 Å². The predicted octanol–water partition coefficient (Wildman–Crippen LogP) is 3.27. The van der Waals surface area contributed by atoms with Gasteiger partial charge in [-0.1, -0.05) is 30.3 Å². The second-order valence-electron chi connectivity index (χ2n) is 5.56. The molecule has 0 saturated heterocycles. The number of aliphatic hydroxyl groups excluding tert-OH is 1. The Labute approximate surface area is 132 Å². The zero-order valence-electron chi connectivity index (χ0n) is 13.0. The van der Waals surface area contributed by atoms with E-state index in [1.54, 1.807) is 19.1 Å². The zero-order valence-corrected chi connectivity index (χ0v) is 13.7. The molecule has 3 nitrogen and oxygen atoms in total. The van der Waals surface area contributed by atoms with E-state index < -0.39 is 0 Å². The van der Waals surface area contributed by atoms with Crippen LogP contribution in [0.5, 0.6) is 0 Å². The molecule has 1 aromatic rings. The third-order valence-corrected chi connectivity index (χ3v) is 3.80. The average Bonchev–Trinajstić information content (AvgIpc) is 2.43. The molecular weight excluding hydrogens is 286 g/mol. The lowest BCUT2D eigenvalue weighted by Crippen LogP contribution is -2.38. The Hall–Kier alpha value is -1.16. The normalized spacial score (nSPS) is 12.7. The molecule has 1 rings (SSSR count). The Morgan fingerprint density at radius 1 is 1.33 bits per heavy atom. The number of nitrogens with zero attached hydrogens (tertiary/aromatic N) is 1. The molecule has 0 fully saturated rings. The van der Waals surface area contributed by atoms with E-state index in [0.717, 1.165) is 5.56 Å². The fourth-order valence-corrected chi connectivity index (χ4v) is 2.38. The van der Waals surface area contributed by atoms with Gasteiger partial charge in [-0.15, -0.1) is 0 Å². The zero-order chi connectivity index (χ0) is 16.0. The first-order chi connectivity index (χ1) is 9.86. The van der Waals surface area contributed by atoms with Crippen molar-refractivity contribution in [2.24, 2.45) is 0 Å². The Balaban J connectivity index is 3.04. The van der Waals surface area contributed by atoms with Crippen LogP contribution in [0.4, 0.5) is 0 Å². The van der Waals surface area contributed by atoms with Crippen LogP contribution in [0, 0.1) is 0 Å². The fraction of sp³-hybridized carbons (Fsp3) is 0.471. The van der Waals surface area contributed by atoms with Crippen LogP contribution in [0.2, 0.25) is 5.02 Å². The van der Waals surface area contributed by atoms with Gasteiger partial charge in [-0.3, -0.25) is 9.69 Å². The van der Waals surface area contributed by atoms with Crippen LogP contribution < -0.4 is 0 Å². The van der Waals surface area contributed by atoms with Crippen molar-refractivity contribution in [3.63, 3.8) is 0 Å². The van der Waals surface area contributed by atoms with Gasteiger partial charge in [0.1, 0.15) is 0 Å². The summed E-state index contributed by atoms with van der Waals surface area (Å²) in [5.74, 6) is -0.255. The highest BCUT2D eigenvalue weighted by Gasteiger charge is 2.24. The van der Waals surface area contributed by atoms with E-state index >= 15 is 0 Å². The van der Waals surface area contributed by atoms with Crippen LogP contribution >= 0.6 is 11.6 Å². The van der Waals surface area contributed by atoms with E-state index in [9.17, 15) is 9.90 Å². The molecule has 1 N–H and O–H groups in total.